The topological polar surface area (TPSA) is 29.5 Å². The minimum absolute atomic E-state index is 0.191. The molecule has 1 N–H and O–H groups in total. The summed E-state index contributed by atoms with van der Waals surface area (Å²) in [5.74, 6) is 1.24. The van der Waals surface area contributed by atoms with Gasteiger partial charge in [-0.3, -0.25) is 0 Å². The molecule has 0 aromatic heterocycles. The average Bonchev–Trinajstić information content (AvgIpc) is 2.04. The van der Waals surface area contributed by atoms with Crippen LogP contribution in [0.15, 0.2) is 18.2 Å². The van der Waals surface area contributed by atoms with E-state index in [2.05, 4.69) is 0 Å². The van der Waals surface area contributed by atoms with Crippen LogP contribution >= 0.6 is 11.6 Å². The number of benzene rings is 1. The fraction of sp³-hybridized carbons (Fsp3) is 0.333. The van der Waals surface area contributed by atoms with E-state index in [1.807, 2.05) is 13.0 Å². The molecule has 2 nitrogen and oxygen atoms in total. The van der Waals surface area contributed by atoms with E-state index in [0.29, 0.717) is 18.2 Å². The molecule has 66 valence electrons. The molecule has 3 heteroatoms. The Morgan fingerprint density at radius 2 is 2.17 bits per heavy atom. The summed E-state index contributed by atoms with van der Waals surface area (Å²) in [5, 5.41) is 9.21. The summed E-state index contributed by atoms with van der Waals surface area (Å²) in [6.07, 6.45) is 0. The second kappa shape index (κ2) is 4.21. The lowest BCUT2D eigenvalue weighted by molar-refractivity contribution is 0.337. The Kier molecular flexibility index (Phi) is 3.23. The van der Waals surface area contributed by atoms with Crippen LogP contribution in [0.2, 0.25) is 0 Å². The second-order valence-electron chi connectivity index (χ2n) is 2.40. The quantitative estimate of drug-likeness (QED) is 0.736. The predicted molar refractivity (Wildman–Crippen MR) is 48.8 cm³/mol. The third kappa shape index (κ3) is 2.31. The maximum atomic E-state index is 9.21. The molecule has 0 saturated heterocycles. The van der Waals surface area contributed by atoms with Crippen LogP contribution in [0.4, 0.5) is 0 Å². The Morgan fingerprint density at radius 1 is 1.42 bits per heavy atom. The van der Waals surface area contributed by atoms with E-state index in [1.54, 1.807) is 12.1 Å². The summed E-state index contributed by atoms with van der Waals surface area (Å²) in [6.45, 7) is 2.48. The van der Waals surface area contributed by atoms with Gasteiger partial charge in [-0.05, 0) is 24.6 Å². The molecular weight excluding hydrogens is 176 g/mol. The van der Waals surface area contributed by atoms with E-state index in [0.717, 1.165) is 5.56 Å². The zero-order valence-corrected chi connectivity index (χ0v) is 7.64. The summed E-state index contributed by atoms with van der Waals surface area (Å²) >= 11 is 5.60. The van der Waals surface area contributed by atoms with Crippen molar-refractivity contribution in [2.75, 3.05) is 6.61 Å². The van der Waals surface area contributed by atoms with Crippen molar-refractivity contribution in [3.63, 3.8) is 0 Å². The van der Waals surface area contributed by atoms with Gasteiger partial charge in [0, 0.05) is 11.9 Å². The third-order valence-electron chi connectivity index (χ3n) is 1.42. The van der Waals surface area contributed by atoms with Crippen molar-refractivity contribution >= 4 is 11.6 Å². The number of alkyl halides is 1. The summed E-state index contributed by atoms with van der Waals surface area (Å²) in [4.78, 5) is 0. The maximum absolute atomic E-state index is 9.21. The molecule has 12 heavy (non-hydrogen) atoms. The Bertz CT molecular complexity index is 261. The van der Waals surface area contributed by atoms with Crippen molar-refractivity contribution in [1.29, 1.82) is 0 Å². The molecule has 1 rings (SSSR count). The first-order chi connectivity index (χ1) is 5.76. The first kappa shape index (κ1) is 9.20. The SMILES string of the molecule is CCOc1cc(O)cc(CCl)c1. The molecule has 0 aliphatic heterocycles. The van der Waals surface area contributed by atoms with E-state index < -0.39 is 0 Å². The lowest BCUT2D eigenvalue weighted by Gasteiger charge is -2.05. The second-order valence-corrected chi connectivity index (χ2v) is 2.67. The van der Waals surface area contributed by atoms with E-state index in [4.69, 9.17) is 16.3 Å². The van der Waals surface area contributed by atoms with Gasteiger partial charge in [0.05, 0.1) is 6.61 Å². The molecule has 0 fully saturated rings. The molecule has 0 unspecified atom stereocenters. The number of hydrogen-bond donors (Lipinski definition) is 1. The van der Waals surface area contributed by atoms with Crippen LogP contribution in [-0.2, 0) is 5.88 Å². The van der Waals surface area contributed by atoms with E-state index in [-0.39, 0.29) is 5.75 Å². The van der Waals surface area contributed by atoms with Crippen LogP contribution < -0.4 is 4.74 Å². The summed E-state index contributed by atoms with van der Waals surface area (Å²) in [7, 11) is 0. The van der Waals surface area contributed by atoms with Crippen molar-refractivity contribution in [1.82, 2.24) is 0 Å². The summed E-state index contributed by atoms with van der Waals surface area (Å²) in [6, 6.07) is 5.01. The molecule has 1 aromatic rings. The molecule has 0 saturated carbocycles. The standard InChI is InChI=1S/C9H11ClO2/c1-2-12-9-4-7(6-10)3-8(11)5-9/h3-5,11H,2,6H2,1H3. The normalized spacial score (nSPS) is 9.83. The largest absolute Gasteiger partial charge is 0.508 e. The zero-order chi connectivity index (χ0) is 8.97. The van der Waals surface area contributed by atoms with Crippen molar-refractivity contribution in [2.24, 2.45) is 0 Å². The van der Waals surface area contributed by atoms with Crippen molar-refractivity contribution < 1.29 is 9.84 Å². The number of phenolic OH excluding ortho intramolecular Hbond substituents is 1. The minimum Gasteiger partial charge on any atom is -0.508 e. The highest BCUT2D eigenvalue weighted by atomic mass is 35.5. The average molecular weight is 187 g/mol. The molecule has 0 aliphatic carbocycles. The van der Waals surface area contributed by atoms with Crippen LogP contribution in [0, 0.1) is 0 Å². The van der Waals surface area contributed by atoms with Gasteiger partial charge in [0.1, 0.15) is 11.5 Å². The molecule has 0 bridgehead atoms. The Labute approximate surface area is 76.7 Å². The van der Waals surface area contributed by atoms with E-state index in [1.165, 1.54) is 0 Å². The van der Waals surface area contributed by atoms with Crippen LogP contribution in [0.1, 0.15) is 12.5 Å². The minimum atomic E-state index is 0.191. The molecule has 0 heterocycles. The van der Waals surface area contributed by atoms with Crippen molar-refractivity contribution in [3.05, 3.63) is 23.8 Å². The highest BCUT2D eigenvalue weighted by Gasteiger charge is 1.98. The number of rotatable bonds is 3. The van der Waals surface area contributed by atoms with Crippen LogP contribution in [0.3, 0.4) is 0 Å². The number of hydrogen-bond acceptors (Lipinski definition) is 2. The first-order valence-electron chi connectivity index (χ1n) is 3.78. The van der Waals surface area contributed by atoms with Gasteiger partial charge < -0.3 is 9.84 Å². The number of halogens is 1. The van der Waals surface area contributed by atoms with Gasteiger partial charge in [-0.25, -0.2) is 0 Å². The maximum Gasteiger partial charge on any atom is 0.123 e. The number of ether oxygens (including phenoxy) is 1. The van der Waals surface area contributed by atoms with Gasteiger partial charge in [-0.1, -0.05) is 0 Å². The molecular formula is C9H11ClO2. The van der Waals surface area contributed by atoms with E-state index >= 15 is 0 Å². The first-order valence-corrected chi connectivity index (χ1v) is 4.31. The summed E-state index contributed by atoms with van der Waals surface area (Å²) < 4.78 is 5.21. The highest BCUT2D eigenvalue weighted by molar-refractivity contribution is 6.17. The van der Waals surface area contributed by atoms with Crippen molar-refractivity contribution in [2.45, 2.75) is 12.8 Å². The third-order valence-corrected chi connectivity index (χ3v) is 1.72. The lowest BCUT2D eigenvalue weighted by atomic mass is 10.2. The van der Waals surface area contributed by atoms with Gasteiger partial charge in [0.2, 0.25) is 0 Å². The zero-order valence-electron chi connectivity index (χ0n) is 6.88. The molecule has 0 radical (unpaired) electrons. The van der Waals surface area contributed by atoms with Gasteiger partial charge in [0.15, 0.2) is 0 Å². The molecule has 0 spiro atoms. The van der Waals surface area contributed by atoms with Gasteiger partial charge in [-0.2, -0.15) is 0 Å². The monoisotopic (exact) mass is 186 g/mol. The van der Waals surface area contributed by atoms with Gasteiger partial charge >= 0.3 is 0 Å². The Hall–Kier alpha value is -0.890. The van der Waals surface area contributed by atoms with Gasteiger partial charge in [0.25, 0.3) is 0 Å². The van der Waals surface area contributed by atoms with Gasteiger partial charge in [-0.15, -0.1) is 11.6 Å². The fourth-order valence-corrected chi connectivity index (χ4v) is 1.12. The predicted octanol–water partition coefficient (Wildman–Crippen LogP) is 2.53. The molecule has 0 amide bonds. The molecule has 1 aromatic carbocycles. The fourth-order valence-electron chi connectivity index (χ4n) is 0.971. The Morgan fingerprint density at radius 3 is 2.75 bits per heavy atom. The molecule has 0 atom stereocenters. The van der Waals surface area contributed by atoms with Crippen LogP contribution in [0.5, 0.6) is 11.5 Å². The number of aromatic hydroxyl groups is 1. The summed E-state index contributed by atoms with van der Waals surface area (Å²) in [5.41, 5.74) is 0.861. The molecule has 0 aliphatic rings. The Balaban J connectivity index is 2.90. The smallest absolute Gasteiger partial charge is 0.123 e. The lowest BCUT2D eigenvalue weighted by Crippen LogP contribution is -1.91. The van der Waals surface area contributed by atoms with Crippen molar-refractivity contribution in [3.8, 4) is 11.5 Å². The van der Waals surface area contributed by atoms with Crippen LogP contribution in [0.25, 0.3) is 0 Å². The highest BCUT2D eigenvalue weighted by Crippen LogP contribution is 2.22. The van der Waals surface area contributed by atoms with Crippen LogP contribution in [-0.4, -0.2) is 11.7 Å². The van der Waals surface area contributed by atoms with E-state index in [9.17, 15) is 5.11 Å². The number of phenols is 1.